The molecular weight excluding hydrogens is 448 g/mol. The fourth-order valence-corrected chi connectivity index (χ4v) is 9.66. The Morgan fingerprint density at radius 1 is 1.03 bits per heavy atom. The minimum absolute atomic E-state index is 0.147. The number of carbonyl (C=O) groups excluding carboxylic acids is 2. The first-order valence-corrected chi connectivity index (χ1v) is 13.1. The summed E-state index contributed by atoms with van der Waals surface area (Å²) >= 11 is 0. The molecule has 7 nitrogen and oxygen atoms in total. The number of ether oxygens (including phenoxy) is 2. The maximum atomic E-state index is 13.4. The molecule has 2 aliphatic heterocycles. The van der Waals surface area contributed by atoms with Gasteiger partial charge >= 0.3 is 5.97 Å². The van der Waals surface area contributed by atoms with Crippen LogP contribution >= 0.6 is 0 Å². The van der Waals surface area contributed by atoms with Crippen molar-refractivity contribution in [1.29, 1.82) is 0 Å². The van der Waals surface area contributed by atoms with Crippen LogP contribution in [0.1, 0.15) is 79.6 Å². The predicted octanol–water partition coefficient (Wildman–Crippen LogP) is 2.75. The highest BCUT2D eigenvalue weighted by molar-refractivity contribution is 5.97. The summed E-state index contributed by atoms with van der Waals surface area (Å²) in [5.74, 6) is -0.926. The van der Waals surface area contributed by atoms with E-state index in [1.54, 1.807) is 19.1 Å². The van der Waals surface area contributed by atoms with Crippen molar-refractivity contribution in [3.8, 4) is 0 Å². The van der Waals surface area contributed by atoms with Crippen LogP contribution in [0.2, 0.25) is 0 Å². The third-order valence-electron chi connectivity index (χ3n) is 12.1. The van der Waals surface area contributed by atoms with Gasteiger partial charge in [0.2, 0.25) is 0 Å². The number of esters is 1. The number of carbonyl (C=O) groups is 2. The predicted molar refractivity (Wildman–Crippen MR) is 126 cm³/mol. The SMILES string of the molecule is CC1=C(C)C(=O)O[C@@H]([C@]2(C)O[C@@]34CC[C@]2(O)[C@@]3(C)CC[C@H]2[C@H]4C[C@@H](O)[C@@]3(O)CC=CC(=O)[C@]23C)C1. The Bertz CT molecular complexity index is 1090. The Morgan fingerprint density at radius 3 is 2.43 bits per heavy atom. The molecule has 35 heavy (non-hydrogen) atoms. The van der Waals surface area contributed by atoms with Gasteiger partial charge in [0.05, 0.1) is 17.1 Å². The van der Waals surface area contributed by atoms with Crippen molar-refractivity contribution in [3.63, 3.8) is 0 Å². The van der Waals surface area contributed by atoms with E-state index in [2.05, 4.69) is 6.92 Å². The number of hydrogen-bond acceptors (Lipinski definition) is 7. The first-order valence-electron chi connectivity index (χ1n) is 13.1. The normalized spacial score (nSPS) is 57.0. The highest BCUT2D eigenvalue weighted by Gasteiger charge is 2.85. The summed E-state index contributed by atoms with van der Waals surface area (Å²) in [6.07, 6.45) is 4.97. The molecule has 0 aromatic carbocycles. The van der Waals surface area contributed by atoms with Crippen molar-refractivity contribution in [3.05, 3.63) is 23.3 Å². The molecule has 0 aromatic rings. The molecular formula is C28H38O7. The molecule has 2 heterocycles. The Morgan fingerprint density at radius 2 is 1.74 bits per heavy atom. The number of allylic oxidation sites excluding steroid dienone is 1. The molecule has 3 N–H and O–H groups in total. The van der Waals surface area contributed by atoms with Gasteiger partial charge in [-0.1, -0.05) is 18.6 Å². The van der Waals surface area contributed by atoms with Crippen LogP contribution in [0.3, 0.4) is 0 Å². The van der Waals surface area contributed by atoms with Crippen LogP contribution in [0.5, 0.6) is 0 Å². The molecule has 10 atom stereocenters. The molecule has 2 bridgehead atoms. The van der Waals surface area contributed by atoms with Crippen LogP contribution in [-0.2, 0) is 19.1 Å². The monoisotopic (exact) mass is 486 g/mol. The molecule has 0 spiro atoms. The van der Waals surface area contributed by atoms with Gasteiger partial charge in [0, 0.05) is 17.4 Å². The second-order valence-corrected chi connectivity index (χ2v) is 12.9. The zero-order valence-electron chi connectivity index (χ0n) is 21.4. The largest absolute Gasteiger partial charge is 0.455 e. The van der Waals surface area contributed by atoms with E-state index >= 15 is 0 Å². The average Bonchev–Trinajstić information content (AvgIpc) is 3.12. The van der Waals surface area contributed by atoms with Crippen molar-refractivity contribution < 1.29 is 34.4 Å². The molecule has 4 aliphatic carbocycles. The molecule has 6 rings (SSSR count). The van der Waals surface area contributed by atoms with Gasteiger partial charge in [-0.25, -0.2) is 4.79 Å². The second kappa shape index (κ2) is 6.66. The zero-order chi connectivity index (χ0) is 25.4. The Balaban J connectivity index is 1.47. The fourth-order valence-electron chi connectivity index (χ4n) is 9.66. The van der Waals surface area contributed by atoms with Gasteiger partial charge < -0.3 is 24.8 Å². The topological polar surface area (TPSA) is 113 Å². The van der Waals surface area contributed by atoms with Crippen LogP contribution in [0.15, 0.2) is 23.3 Å². The van der Waals surface area contributed by atoms with E-state index in [-0.39, 0.29) is 30.0 Å². The van der Waals surface area contributed by atoms with Crippen LogP contribution in [0, 0.1) is 22.7 Å². The molecule has 192 valence electrons. The Hall–Kier alpha value is -1.54. The zero-order valence-corrected chi connectivity index (χ0v) is 21.4. The summed E-state index contributed by atoms with van der Waals surface area (Å²) in [6, 6.07) is 0. The third-order valence-corrected chi connectivity index (χ3v) is 12.1. The van der Waals surface area contributed by atoms with E-state index in [0.717, 1.165) is 5.57 Å². The Labute approximate surface area is 206 Å². The maximum absolute atomic E-state index is 13.4. The number of hydrogen-bond donors (Lipinski definition) is 3. The van der Waals surface area contributed by atoms with E-state index in [1.807, 2.05) is 20.8 Å². The van der Waals surface area contributed by atoms with Crippen LogP contribution in [0.4, 0.5) is 0 Å². The van der Waals surface area contributed by atoms with Gasteiger partial charge in [-0.3, -0.25) is 4.79 Å². The smallest absolute Gasteiger partial charge is 0.334 e. The summed E-state index contributed by atoms with van der Waals surface area (Å²) < 4.78 is 12.9. The molecule has 0 unspecified atom stereocenters. The van der Waals surface area contributed by atoms with Crippen LogP contribution < -0.4 is 0 Å². The molecule has 6 aliphatic rings. The summed E-state index contributed by atoms with van der Waals surface area (Å²) in [5.41, 5.74) is -4.87. The van der Waals surface area contributed by atoms with E-state index in [1.165, 1.54) is 0 Å². The van der Waals surface area contributed by atoms with Gasteiger partial charge in [0.15, 0.2) is 5.78 Å². The lowest BCUT2D eigenvalue weighted by atomic mass is 9.42. The van der Waals surface area contributed by atoms with E-state index in [9.17, 15) is 24.9 Å². The van der Waals surface area contributed by atoms with E-state index < -0.39 is 45.4 Å². The quantitative estimate of drug-likeness (QED) is 0.489. The first-order chi connectivity index (χ1) is 16.2. The van der Waals surface area contributed by atoms with Crippen LogP contribution in [0.25, 0.3) is 0 Å². The lowest BCUT2D eigenvalue weighted by molar-refractivity contribution is -0.279. The summed E-state index contributed by atoms with van der Waals surface area (Å²) in [4.78, 5) is 26.0. The number of ketones is 1. The molecule has 0 aromatic heterocycles. The van der Waals surface area contributed by atoms with Crippen molar-refractivity contribution in [2.45, 2.75) is 114 Å². The summed E-state index contributed by atoms with van der Waals surface area (Å²) in [7, 11) is 0. The molecule has 0 radical (unpaired) electrons. The average molecular weight is 487 g/mol. The van der Waals surface area contributed by atoms with Crippen molar-refractivity contribution >= 4 is 11.8 Å². The van der Waals surface area contributed by atoms with Crippen LogP contribution in [-0.4, -0.2) is 61.7 Å². The van der Waals surface area contributed by atoms with Crippen molar-refractivity contribution in [2.24, 2.45) is 22.7 Å². The van der Waals surface area contributed by atoms with Gasteiger partial charge in [-0.2, -0.15) is 0 Å². The van der Waals surface area contributed by atoms with Gasteiger partial charge in [0.1, 0.15) is 22.9 Å². The molecule has 7 heteroatoms. The highest BCUT2D eigenvalue weighted by atomic mass is 16.6. The minimum atomic E-state index is -1.51. The summed E-state index contributed by atoms with van der Waals surface area (Å²) in [6.45, 7) is 9.46. The van der Waals surface area contributed by atoms with E-state index in [4.69, 9.17) is 9.47 Å². The standard InChI is InChI=1S/C28H38O7/c1-15-13-21(34-22(31)16(15)2)25(5)28(33)12-11-27(35-25)18-14-20(30)26(32)9-6-7-19(29)24(26,4)17(18)8-10-23(27,28)3/h6-7,17-18,20-21,30,32-33H,8-14H2,1-5H3/t17-,18+,20+,21+,23-,24-,25-,26-,27+,28-/m0/s1. The van der Waals surface area contributed by atoms with Gasteiger partial charge in [-0.15, -0.1) is 0 Å². The fraction of sp³-hybridized carbons (Fsp3) is 0.786. The first kappa shape index (κ1) is 23.8. The molecule has 1 saturated heterocycles. The van der Waals surface area contributed by atoms with Crippen molar-refractivity contribution in [1.82, 2.24) is 0 Å². The Kier molecular flexibility index (Phi) is 4.53. The number of cyclic esters (lactones) is 1. The number of aliphatic hydroxyl groups is 3. The van der Waals surface area contributed by atoms with Crippen molar-refractivity contribution in [2.75, 3.05) is 0 Å². The molecule has 4 fully saturated rings. The lowest BCUT2D eigenvalue weighted by Crippen LogP contribution is -2.72. The maximum Gasteiger partial charge on any atom is 0.334 e. The number of aliphatic hydroxyl groups excluding tert-OH is 1. The summed E-state index contributed by atoms with van der Waals surface area (Å²) in [5, 5.41) is 35.4. The second-order valence-electron chi connectivity index (χ2n) is 12.9. The third kappa shape index (κ3) is 2.30. The van der Waals surface area contributed by atoms with Gasteiger partial charge in [-0.05, 0) is 84.1 Å². The van der Waals surface area contributed by atoms with Gasteiger partial charge in [0.25, 0.3) is 0 Å². The highest BCUT2D eigenvalue weighted by Crippen LogP contribution is 2.77. The molecule has 3 saturated carbocycles. The number of fused-ring (bicyclic) bond motifs is 3. The lowest BCUT2D eigenvalue weighted by Gasteiger charge is -2.64. The van der Waals surface area contributed by atoms with E-state index in [0.29, 0.717) is 44.1 Å². The number of rotatable bonds is 1. The minimum Gasteiger partial charge on any atom is -0.455 e. The molecule has 0 amide bonds.